The Bertz CT molecular complexity index is 630. The molecule has 0 bridgehead atoms. The van der Waals surface area contributed by atoms with Crippen LogP contribution in [-0.4, -0.2) is 44.7 Å². The lowest BCUT2D eigenvalue weighted by Gasteiger charge is -2.16. The molecule has 0 saturated carbocycles. The number of ether oxygens (including phenoxy) is 3. The lowest BCUT2D eigenvalue weighted by atomic mass is 9.91. The fourth-order valence-electron chi connectivity index (χ4n) is 2.42. The van der Waals surface area contributed by atoms with Gasteiger partial charge in [0.05, 0.1) is 25.7 Å². The van der Waals surface area contributed by atoms with Crippen LogP contribution in [-0.2, 0) is 14.3 Å². The second-order valence-electron chi connectivity index (χ2n) is 5.34. The molecule has 2 N–H and O–H groups in total. The first-order chi connectivity index (χ1) is 12.3. The van der Waals surface area contributed by atoms with E-state index in [2.05, 4.69) is 0 Å². The Hall–Kier alpha value is -2.41. The standard InChI is InChI=1S/C19H23NO5/c1-23-11-12-24-13-14-25-17-9-7-16(8-10-17)18(19(21)20-22)15-5-3-2-4-6-15/h2-10,18,22H,11-14H2,1H3,(H,20,21). The van der Waals surface area contributed by atoms with Crippen molar-refractivity contribution in [2.24, 2.45) is 0 Å². The molecule has 134 valence electrons. The number of rotatable bonds is 10. The van der Waals surface area contributed by atoms with Crippen molar-refractivity contribution >= 4 is 5.91 Å². The molecule has 1 unspecified atom stereocenters. The van der Waals surface area contributed by atoms with E-state index in [0.717, 1.165) is 11.1 Å². The molecule has 0 aromatic heterocycles. The number of hydrogen-bond donors (Lipinski definition) is 2. The minimum Gasteiger partial charge on any atom is -0.491 e. The van der Waals surface area contributed by atoms with Gasteiger partial charge in [-0.2, -0.15) is 0 Å². The highest BCUT2D eigenvalue weighted by Gasteiger charge is 2.22. The van der Waals surface area contributed by atoms with E-state index >= 15 is 0 Å². The van der Waals surface area contributed by atoms with Crippen LogP contribution in [0.4, 0.5) is 0 Å². The summed E-state index contributed by atoms with van der Waals surface area (Å²) in [5, 5.41) is 9.04. The number of carbonyl (C=O) groups excluding carboxylic acids is 1. The van der Waals surface area contributed by atoms with Gasteiger partial charge in [0.1, 0.15) is 12.4 Å². The van der Waals surface area contributed by atoms with Gasteiger partial charge in [0, 0.05) is 7.11 Å². The van der Waals surface area contributed by atoms with Crippen molar-refractivity contribution in [1.29, 1.82) is 0 Å². The van der Waals surface area contributed by atoms with Gasteiger partial charge in [-0.05, 0) is 23.3 Å². The Balaban J connectivity index is 1.97. The highest BCUT2D eigenvalue weighted by Crippen LogP contribution is 2.26. The van der Waals surface area contributed by atoms with E-state index in [1.165, 1.54) is 0 Å². The largest absolute Gasteiger partial charge is 0.491 e. The molecule has 0 saturated heterocycles. The van der Waals surface area contributed by atoms with Gasteiger partial charge in [0.2, 0.25) is 0 Å². The van der Waals surface area contributed by atoms with E-state index < -0.39 is 11.8 Å². The fourth-order valence-corrected chi connectivity index (χ4v) is 2.42. The summed E-state index contributed by atoms with van der Waals surface area (Å²) < 4.78 is 15.8. The molecule has 2 rings (SSSR count). The number of benzene rings is 2. The van der Waals surface area contributed by atoms with Gasteiger partial charge in [0.15, 0.2) is 0 Å². The zero-order valence-electron chi connectivity index (χ0n) is 14.2. The smallest absolute Gasteiger partial charge is 0.255 e. The first kappa shape index (κ1) is 18.9. The zero-order chi connectivity index (χ0) is 17.9. The van der Waals surface area contributed by atoms with Crippen molar-refractivity contribution in [1.82, 2.24) is 5.48 Å². The summed E-state index contributed by atoms with van der Waals surface area (Å²) in [6.45, 7) is 2.00. The Morgan fingerprint density at radius 1 is 0.960 bits per heavy atom. The van der Waals surface area contributed by atoms with Crippen molar-refractivity contribution in [3.8, 4) is 5.75 Å². The summed E-state index contributed by atoms with van der Waals surface area (Å²) >= 11 is 0. The number of carbonyl (C=O) groups is 1. The molecule has 6 nitrogen and oxygen atoms in total. The Morgan fingerprint density at radius 2 is 1.60 bits per heavy atom. The first-order valence-electron chi connectivity index (χ1n) is 8.04. The molecule has 2 aromatic rings. The maximum atomic E-state index is 12.1. The first-order valence-corrected chi connectivity index (χ1v) is 8.04. The molecule has 6 heteroatoms. The van der Waals surface area contributed by atoms with Gasteiger partial charge < -0.3 is 14.2 Å². The van der Waals surface area contributed by atoms with Gasteiger partial charge in [-0.25, -0.2) is 5.48 Å². The van der Waals surface area contributed by atoms with Gasteiger partial charge >= 0.3 is 0 Å². The van der Waals surface area contributed by atoms with Gasteiger partial charge in [-0.15, -0.1) is 0 Å². The van der Waals surface area contributed by atoms with Crippen LogP contribution in [0.5, 0.6) is 5.75 Å². The van der Waals surface area contributed by atoms with Crippen LogP contribution in [0.15, 0.2) is 54.6 Å². The predicted molar refractivity (Wildman–Crippen MR) is 92.8 cm³/mol. The molecule has 0 aliphatic carbocycles. The van der Waals surface area contributed by atoms with Crippen LogP contribution in [0, 0.1) is 0 Å². The fraction of sp³-hybridized carbons (Fsp3) is 0.316. The van der Waals surface area contributed by atoms with Crippen molar-refractivity contribution in [3.05, 3.63) is 65.7 Å². The molecule has 0 fully saturated rings. The molecular weight excluding hydrogens is 322 g/mol. The van der Waals surface area contributed by atoms with Crippen LogP contribution in [0.2, 0.25) is 0 Å². The molecule has 0 heterocycles. The monoisotopic (exact) mass is 345 g/mol. The summed E-state index contributed by atoms with van der Waals surface area (Å²) in [6.07, 6.45) is 0. The van der Waals surface area contributed by atoms with E-state index in [1.54, 1.807) is 24.7 Å². The number of hydrogen-bond acceptors (Lipinski definition) is 5. The quantitative estimate of drug-likeness (QED) is 0.393. The highest BCUT2D eigenvalue weighted by molar-refractivity contribution is 5.86. The van der Waals surface area contributed by atoms with Crippen molar-refractivity contribution in [2.45, 2.75) is 5.92 Å². The van der Waals surface area contributed by atoms with Crippen LogP contribution >= 0.6 is 0 Å². The van der Waals surface area contributed by atoms with E-state index in [9.17, 15) is 4.79 Å². The summed E-state index contributed by atoms with van der Waals surface area (Å²) in [7, 11) is 1.63. The molecule has 1 atom stereocenters. The predicted octanol–water partition coefficient (Wildman–Crippen LogP) is 2.37. The summed E-state index contributed by atoms with van der Waals surface area (Å²) in [4.78, 5) is 12.1. The lowest BCUT2D eigenvalue weighted by molar-refractivity contribution is -0.129. The topological polar surface area (TPSA) is 77.0 Å². The van der Waals surface area contributed by atoms with E-state index in [-0.39, 0.29) is 0 Å². The Labute approximate surface area is 147 Å². The Kier molecular flexibility index (Phi) is 7.91. The number of nitrogens with one attached hydrogen (secondary N) is 1. The van der Waals surface area contributed by atoms with Crippen molar-refractivity contribution in [2.75, 3.05) is 33.5 Å². The molecule has 0 aliphatic heterocycles. The van der Waals surface area contributed by atoms with Crippen LogP contribution < -0.4 is 10.2 Å². The maximum Gasteiger partial charge on any atom is 0.255 e. The zero-order valence-corrected chi connectivity index (χ0v) is 14.2. The molecule has 0 radical (unpaired) electrons. The summed E-state index contributed by atoms with van der Waals surface area (Å²) in [5.74, 6) is -0.376. The molecule has 1 amide bonds. The number of methoxy groups -OCH3 is 1. The molecule has 2 aromatic carbocycles. The SMILES string of the molecule is COCCOCCOc1ccc(C(C(=O)NO)c2ccccc2)cc1. The van der Waals surface area contributed by atoms with Crippen molar-refractivity contribution < 1.29 is 24.2 Å². The normalized spacial score (nSPS) is 11.8. The number of hydroxylamine groups is 1. The minimum atomic E-state index is -0.586. The molecular formula is C19H23NO5. The maximum absolute atomic E-state index is 12.1. The highest BCUT2D eigenvalue weighted by atomic mass is 16.5. The third-order valence-corrected chi connectivity index (χ3v) is 3.65. The van der Waals surface area contributed by atoms with Gasteiger partial charge in [-0.1, -0.05) is 42.5 Å². The number of amides is 1. The van der Waals surface area contributed by atoms with Gasteiger partial charge in [0.25, 0.3) is 5.91 Å². The van der Waals surface area contributed by atoms with Crippen LogP contribution in [0.25, 0.3) is 0 Å². The molecule has 0 aliphatic rings. The van der Waals surface area contributed by atoms with E-state index in [0.29, 0.717) is 32.2 Å². The summed E-state index contributed by atoms with van der Waals surface area (Å²) in [6, 6.07) is 16.5. The average molecular weight is 345 g/mol. The van der Waals surface area contributed by atoms with Crippen molar-refractivity contribution in [3.63, 3.8) is 0 Å². The average Bonchev–Trinajstić information content (AvgIpc) is 2.66. The van der Waals surface area contributed by atoms with E-state index in [4.69, 9.17) is 19.4 Å². The van der Waals surface area contributed by atoms with E-state index in [1.807, 2.05) is 42.5 Å². The lowest BCUT2D eigenvalue weighted by Crippen LogP contribution is -2.27. The summed E-state index contributed by atoms with van der Waals surface area (Å²) in [5.41, 5.74) is 3.30. The molecule has 0 spiro atoms. The second-order valence-corrected chi connectivity index (χ2v) is 5.34. The van der Waals surface area contributed by atoms with Gasteiger partial charge in [-0.3, -0.25) is 10.0 Å². The van der Waals surface area contributed by atoms with Crippen LogP contribution in [0.1, 0.15) is 17.0 Å². The third-order valence-electron chi connectivity index (χ3n) is 3.65. The molecule has 25 heavy (non-hydrogen) atoms. The third kappa shape index (κ3) is 5.86. The second kappa shape index (κ2) is 10.5. The Morgan fingerprint density at radius 3 is 2.24 bits per heavy atom. The van der Waals surface area contributed by atoms with Crippen LogP contribution in [0.3, 0.4) is 0 Å². The minimum absolute atomic E-state index is 0.433.